The number of benzene rings is 1. The van der Waals surface area contributed by atoms with Gasteiger partial charge in [0.15, 0.2) is 0 Å². The Kier molecular flexibility index (Phi) is 4.09. The molecule has 0 atom stereocenters. The molecular formula is C13H14FNOS. The van der Waals surface area contributed by atoms with Crippen LogP contribution in [0.1, 0.15) is 5.76 Å². The molecule has 0 aliphatic heterocycles. The third-order valence-corrected chi connectivity index (χ3v) is 3.49. The van der Waals surface area contributed by atoms with Crippen LogP contribution < -0.4 is 5.32 Å². The van der Waals surface area contributed by atoms with Gasteiger partial charge in [-0.05, 0) is 37.3 Å². The lowest BCUT2D eigenvalue weighted by Gasteiger charge is -2.05. The minimum atomic E-state index is -0.209. The molecule has 2 rings (SSSR count). The zero-order valence-electron chi connectivity index (χ0n) is 9.57. The molecule has 0 fully saturated rings. The second kappa shape index (κ2) is 5.77. The SMILES string of the molecule is Cc1occc1SCCNc1ccc(F)cc1. The number of aryl methyl sites for hydroxylation is 1. The van der Waals surface area contributed by atoms with Crippen LogP contribution >= 0.6 is 11.8 Å². The standard InChI is InChI=1S/C13H14FNOS/c1-10-13(6-8-16-10)17-9-7-15-12-4-2-11(14)3-5-12/h2-6,8,15H,7,9H2,1H3. The van der Waals surface area contributed by atoms with E-state index < -0.39 is 0 Å². The zero-order chi connectivity index (χ0) is 12.1. The fourth-order valence-corrected chi connectivity index (χ4v) is 2.27. The Bertz CT molecular complexity index is 467. The normalized spacial score (nSPS) is 10.5. The summed E-state index contributed by atoms with van der Waals surface area (Å²) in [6, 6.07) is 8.36. The summed E-state index contributed by atoms with van der Waals surface area (Å²) in [5, 5.41) is 3.24. The second-order valence-electron chi connectivity index (χ2n) is 3.62. The lowest BCUT2D eigenvalue weighted by atomic mass is 10.3. The summed E-state index contributed by atoms with van der Waals surface area (Å²) >= 11 is 1.75. The number of thioether (sulfide) groups is 1. The summed E-state index contributed by atoms with van der Waals surface area (Å²) < 4.78 is 17.9. The van der Waals surface area contributed by atoms with E-state index in [0.717, 1.165) is 23.7 Å². The van der Waals surface area contributed by atoms with Crippen LogP contribution in [0.2, 0.25) is 0 Å². The van der Waals surface area contributed by atoms with E-state index in [1.165, 1.54) is 17.0 Å². The Morgan fingerprint density at radius 3 is 2.65 bits per heavy atom. The van der Waals surface area contributed by atoms with E-state index in [4.69, 9.17) is 4.42 Å². The highest BCUT2D eigenvalue weighted by atomic mass is 32.2. The first-order valence-corrected chi connectivity index (χ1v) is 6.40. The maximum Gasteiger partial charge on any atom is 0.123 e. The van der Waals surface area contributed by atoms with E-state index in [1.54, 1.807) is 30.2 Å². The monoisotopic (exact) mass is 251 g/mol. The summed E-state index contributed by atoms with van der Waals surface area (Å²) in [7, 11) is 0. The van der Waals surface area contributed by atoms with Gasteiger partial charge in [-0.2, -0.15) is 0 Å². The van der Waals surface area contributed by atoms with Gasteiger partial charge in [-0.15, -0.1) is 11.8 Å². The van der Waals surface area contributed by atoms with Gasteiger partial charge >= 0.3 is 0 Å². The Hall–Kier alpha value is -1.42. The van der Waals surface area contributed by atoms with Gasteiger partial charge in [-0.1, -0.05) is 0 Å². The number of hydrogen-bond donors (Lipinski definition) is 1. The van der Waals surface area contributed by atoms with Crippen molar-refractivity contribution in [2.45, 2.75) is 11.8 Å². The predicted octanol–water partition coefficient (Wildman–Crippen LogP) is 3.93. The number of halogens is 1. The van der Waals surface area contributed by atoms with Crippen LogP contribution in [0.3, 0.4) is 0 Å². The summed E-state index contributed by atoms with van der Waals surface area (Å²) in [5.74, 6) is 1.69. The van der Waals surface area contributed by atoms with Crippen molar-refractivity contribution in [2.24, 2.45) is 0 Å². The molecule has 0 saturated heterocycles. The number of nitrogens with one attached hydrogen (secondary N) is 1. The average molecular weight is 251 g/mol. The van der Waals surface area contributed by atoms with Crippen LogP contribution in [-0.2, 0) is 0 Å². The van der Waals surface area contributed by atoms with Gasteiger partial charge in [0.05, 0.1) is 6.26 Å². The van der Waals surface area contributed by atoms with Crippen molar-refractivity contribution in [2.75, 3.05) is 17.6 Å². The van der Waals surface area contributed by atoms with Gasteiger partial charge in [0.1, 0.15) is 11.6 Å². The van der Waals surface area contributed by atoms with Crippen LogP contribution in [0.25, 0.3) is 0 Å². The first-order chi connectivity index (χ1) is 8.25. The van der Waals surface area contributed by atoms with E-state index in [1.807, 2.05) is 13.0 Å². The van der Waals surface area contributed by atoms with Crippen molar-refractivity contribution >= 4 is 17.4 Å². The van der Waals surface area contributed by atoms with E-state index in [9.17, 15) is 4.39 Å². The van der Waals surface area contributed by atoms with Crippen molar-refractivity contribution in [3.05, 3.63) is 48.2 Å². The van der Waals surface area contributed by atoms with E-state index >= 15 is 0 Å². The summed E-state index contributed by atoms with van der Waals surface area (Å²) in [6.07, 6.45) is 1.70. The minimum absolute atomic E-state index is 0.209. The molecule has 90 valence electrons. The molecular weight excluding hydrogens is 237 g/mol. The molecule has 17 heavy (non-hydrogen) atoms. The summed E-state index contributed by atoms with van der Waals surface area (Å²) in [4.78, 5) is 1.17. The highest BCUT2D eigenvalue weighted by molar-refractivity contribution is 7.99. The van der Waals surface area contributed by atoms with Gasteiger partial charge in [-0.25, -0.2) is 4.39 Å². The largest absolute Gasteiger partial charge is 0.468 e. The molecule has 0 spiro atoms. The summed E-state index contributed by atoms with van der Waals surface area (Å²) in [5.41, 5.74) is 0.941. The van der Waals surface area contributed by atoms with Gasteiger partial charge in [0, 0.05) is 22.9 Å². The first kappa shape index (κ1) is 12.0. The van der Waals surface area contributed by atoms with Crippen molar-refractivity contribution < 1.29 is 8.81 Å². The van der Waals surface area contributed by atoms with Gasteiger partial charge < -0.3 is 9.73 Å². The van der Waals surface area contributed by atoms with Crippen molar-refractivity contribution in [1.29, 1.82) is 0 Å². The van der Waals surface area contributed by atoms with Crippen LogP contribution in [-0.4, -0.2) is 12.3 Å². The molecule has 1 N–H and O–H groups in total. The van der Waals surface area contributed by atoms with Crippen LogP contribution in [0, 0.1) is 12.7 Å². The maximum atomic E-state index is 12.7. The maximum absolute atomic E-state index is 12.7. The molecule has 1 aromatic carbocycles. The third kappa shape index (κ3) is 3.53. The lowest BCUT2D eigenvalue weighted by molar-refractivity contribution is 0.527. The molecule has 2 nitrogen and oxygen atoms in total. The number of rotatable bonds is 5. The molecule has 0 bridgehead atoms. The highest BCUT2D eigenvalue weighted by Gasteiger charge is 2.01. The molecule has 2 aromatic rings. The topological polar surface area (TPSA) is 25.2 Å². The quantitative estimate of drug-likeness (QED) is 0.644. The summed E-state index contributed by atoms with van der Waals surface area (Å²) in [6.45, 7) is 2.79. The Morgan fingerprint density at radius 2 is 2.00 bits per heavy atom. The Morgan fingerprint density at radius 1 is 1.24 bits per heavy atom. The molecule has 1 aromatic heterocycles. The molecule has 0 aliphatic rings. The van der Waals surface area contributed by atoms with Gasteiger partial charge in [0.25, 0.3) is 0 Å². The number of furan rings is 1. The van der Waals surface area contributed by atoms with E-state index in [2.05, 4.69) is 5.32 Å². The van der Waals surface area contributed by atoms with Gasteiger partial charge in [0.2, 0.25) is 0 Å². The van der Waals surface area contributed by atoms with Gasteiger partial charge in [-0.3, -0.25) is 0 Å². The van der Waals surface area contributed by atoms with Crippen molar-refractivity contribution in [3.8, 4) is 0 Å². The molecule has 4 heteroatoms. The molecule has 0 saturated carbocycles. The molecule has 1 heterocycles. The molecule has 0 radical (unpaired) electrons. The molecule has 0 aliphatic carbocycles. The molecule has 0 unspecified atom stereocenters. The van der Waals surface area contributed by atoms with E-state index in [0.29, 0.717) is 0 Å². The molecule has 0 amide bonds. The number of anilines is 1. The predicted molar refractivity (Wildman–Crippen MR) is 69.1 cm³/mol. The van der Waals surface area contributed by atoms with Crippen LogP contribution in [0.15, 0.2) is 45.9 Å². The van der Waals surface area contributed by atoms with E-state index in [-0.39, 0.29) is 5.82 Å². The van der Waals surface area contributed by atoms with Crippen LogP contribution in [0.5, 0.6) is 0 Å². The third-order valence-electron chi connectivity index (χ3n) is 2.34. The van der Waals surface area contributed by atoms with Crippen molar-refractivity contribution in [1.82, 2.24) is 0 Å². The average Bonchev–Trinajstić information content (AvgIpc) is 2.73. The van der Waals surface area contributed by atoms with Crippen LogP contribution in [0.4, 0.5) is 10.1 Å². The minimum Gasteiger partial charge on any atom is -0.468 e. The fraction of sp³-hybridized carbons (Fsp3) is 0.231. The smallest absolute Gasteiger partial charge is 0.123 e. The zero-order valence-corrected chi connectivity index (χ0v) is 10.4. The van der Waals surface area contributed by atoms with Crippen molar-refractivity contribution in [3.63, 3.8) is 0 Å². The number of hydrogen-bond acceptors (Lipinski definition) is 3. The fourth-order valence-electron chi connectivity index (χ4n) is 1.45. The first-order valence-electron chi connectivity index (χ1n) is 5.42. The second-order valence-corrected chi connectivity index (χ2v) is 4.76. The highest BCUT2D eigenvalue weighted by Crippen LogP contribution is 2.22. The Balaban J connectivity index is 1.73. The Labute approximate surface area is 104 Å². The lowest BCUT2D eigenvalue weighted by Crippen LogP contribution is -2.03.